The van der Waals surface area contributed by atoms with Gasteiger partial charge in [-0.2, -0.15) is 0 Å². The maximum atomic E-state index is 14.2. The molecule has 4 rings (SSSR count). The summed E-state index contributed by atoms with van der Waals surface area (Å²) in [6, 6.07) is 14.5. The van der Waals surface area contributed by atoms with E-state index in [0.29, 0.717) is 17.2 Å². The summed E-state index contributed by atoms with van der Waals surface area (Å²) in [5.74, 6) is 0.662. The highest BCUT2D eigenvalue weighted by atomic mass is 35.5. The lowest BCUT2D eigenvalue weighted by molar-refractivity contribution is 0.299. The zero-order chi connectivity index (χ0) is 25.3. The molecular weight excluding hydrogens is 489 g/mol. The number of fused-ring (bicyclic) bond motifs is 1. The summed E-state index contributed by atoms with van der Waals surface area (Å²) >= 11 is 6.13. The predicted octanol–water partition coefficient (Wildman–Crippen LogP) is 6.54. The van der Waals surface area contributed by atoms with E-state index in [1.807, 2.05) is 19.9 Å². The molecule has 3 aromatic rings. The molecule has 5 nitrogen and oxygen atoms in total. The lowest BCUT2D eigenvalue weighted by Crippen LogP contribution is -2.46. The second-order valence-electron chi connectivity index (χ2n) is 8.82. The Labute approximate surface area is 211 Å². The summed E-state index contributed by atoms with van der Waals surface area (Å²) in [6.07, 6.45) is 1.60. The van der Waals surface area contributed by atoms with Crippen molar-refractivity contribution in [3.63, 3.8) is 0 Å². The second kappa shape index (κ2) is 10.1. The molecule has 0 amide bonds. The summed E-state index contributed by atoms with van der Waals surface area (Å²) in [4.78, 5) is 0.166. The summed E-state index contributed by atoms with van der Waals surface area (Å²) in [5.41, 5.74) is 2.60. The molecule has 0 radical (unpaired) electrons. The van der Waals surface area contributed by atoms with E-state index in [0.717, 1.165) is 24.0 Å². The van der Waals surface area contributed by atoms with Gasteiger partial charge in [-0.1, -0.05) is 43.1 Å². The highest BCUT2D eigenvalue weighted by Crippen LogP contribution is 2.41. The van der Waals surface area contributed by atoms with E-state index in [-0.39, 0.29) is 34.0 Å². The van der Waals surface area contributed by atoms with Gasteiger partial charge < -0.3 is 9.47 Å². The van der Waals surface area contributed by atoms with Crippen molar-refractivity contribution in [3.8, 4) is 11.5 Å². The van der Waals surface area contributed by atoms with Gasteiger partial charge >= 0.3 is 0 Å². The van der Waals surface area contributed by atoms with Crippen molar-refractivity contribution in [2.45, 2.75) is 51.2 Å². The van der Waals surface area contributed by atoms with E-state index < -0.39 is 15.8 Å². The number of nitrogens with zero attached hydrogens (tertiary/aromatic N) is 1. The molecule has 35 heavy (non-hydrogen) atoms. The molecule has 1 aliphatic heterocycles. The van der Waals surface area contributed by atoms with Crippen LogP contribution in [-0.2, 0) is 23.1 Å². The number of anilines is 1. The minimum atomic E-state index is -3.90. The molecule has 0 fully saturated rings. The monoisotopic (exact) mass is 517 g/mol. The Balaban J connectivity index is 1.74. The normalized spacial score (nSPS) is 17.7. The van der Waals surface area contributed by atoms with E-state index in [4.69, 9.17) is 21.1 Å². The average Bonchev–Trinajstić information content (AvgIpc) is 2.83. The molecule has 1 aliphatic rings. The van der Waals surface area contributed by atoms with Crippen molar-refractivity contribution in [2.75, 3.05) is 11.4 Å². The lowest BCUT2D eigenvalue weighted by Gasteiger charge is -2.41. The molecule has 2 atom stereocenters. The highest BCUT2D eigenvalue weighted by molar-refractivity contribution is 7.92. The van der Waals surface area contributed by atoms with E-state index in [9.17, 15) is 12.8 Å². The van der Waals surface area contributed by atoms with Crippen LogP contribution in [0.1, 0.15) is 37.0 Å². The zero-order valence-electron chi connectivity index (χ0n) is 20.2. The van der Waals surface area contributed by atoms with Crippen LogP contribution in [0.5, 0.6) is 11.5 Å². The first-order valence-electron chi connectivity index (χ1n) is 11.5. The molecule has 8 heteroatoms. The molecule has 0 bridgehead atoms. The molecule has 0 unspecified atom stereocenters. The highest BCUT2D eigenvalue weighted by Gasteiger charge is 2.38. The van der Waals surface area contributed by atoms with Gasteiger partial charge in [0.1, 0.15) is 23.9 Å². The van der Waals surface area contributed by atoms with Crippen molar-refractivity contribution in [2.24, 2.45) is 5.92 Å². The molecule has 186 valence electrons. The van der Waals surface area contributed by atoms with Gasteiger partial charge in [-0.3, -0.25) is 4.31 Å². The standard InChI is InChI=1S/C27H29ClFNO4S/c1-5-19-13-20-10-11-21(34-16-23-24(28)7-6-8-25(23)29)14-26(20)30(18(19)3)35(31,32)22-12-9-17(2)27(15-22)33-4/h6-12,14-15,18-19H,5,13,16H2,1-4H3/t18-,19-/m1/s1. The summed E-state index contributed by atoms with van der Waals surface area (Å²) in [6.45, 7) is 5.81. The lowest BCUT2D eigenvalue weighted by atomic mass is 9.86. The van der Waals surface area contributed by atoms with Gasteiger partial charge in [0, 0.05) is 23.7 Å². The maximum absolute atomic E-state index is 14.2. The molecule has 0 N–H and O–H groups in total. The van der Waals surface area contributed by atoms with Crippen LogP contribution >= 0.6 is 11.6 Å². The quantitative estimate of drug-likeness (QED) is 0.357. The largest absolute Gasteiger partial charge is 0.496 e. The van der Waals surface area contributed by atoms with Gasteiger partial charge in [0.05, 0.1) is 22.7 Å². The number of aryl methyl sites for hydroxylation is 1. The smallest absolute Gasteiger partial charge is 0.264 e. The molecular formula is C27H29ClFNO4S. The van der Waals surface area contributed by atoms with Gasteiger partial charge in [-0.05, 0) is 61.6 Å². The summed E-state index contributed by atoms with van der Waals surface area (Å²) in [7, 11) is -2.37. The third-order valence-electron chi connectivity index (χ3n) is 6.73. The van der Waals surface area contributed by atoms with E-state index in [2.05, 4.69) is 6.92 Å². The molecule has 0 aromatic heterocycles. The second-order valence-corrected chi connectivity index (χ2v) is 11.0. The van der Waals surface area contributed by atoms with Gasteiger partial charge in [-0.25, -0.2) is 12.8 Å². The Morgan fingerprint density at radius 2 is 1.91 bits per heavy atom. The van der Waals surface area contributed by atoms with Crippen molar-refractivity contribution < 1.29 is 22.3 Å². The molecule has 0 saturated carbocycles. The topological polar surface area (TPSA) is 55.8 Å². The van der Waals surface area contributed by atoms with E-state index in [1.54, 1.807) is 36.4 Å². The van der Waals surface area contributed by atoms with Gasteiger partial charge in [-0.15, -0.1) is 0 Å². The third kappa shape index (κ3) is 4.84. The molecule has 0 spiro atoms. The Morgan fingerprint density at radius 1 is 1.14 bits per heavy atom. The molecule has 1 heterocycles. The minimum Gasteiger partial charge on any atom is -0.496 e. The van der Waals surface area contributed by atoms with Crippen molar-refractivity contribution >= 4 is 27.3 Å². The number of methoxy groups -OCH3 is 1. The Bertz CT molecular complexity index is 1320. The fraction of sp³-hybridized carbons (Fsp3) is 0.333. The number of sulfonamides is 1. The molecule has 0 aliphatic carbocycles. The van der Waals surface area contributed by atoms with E-state index in [1.165, 1.54) is 23.5 Å². The SMILES string of the molecule is CC[C@@H]1Cc2ccc(OCc3c(F)cccc3Cl)cc2N(S(=O)(=O)c2ccc(C)c(OC)c2)[C@@H]1C. The maximum Gasteiger partial charge on any atom is 0.264 e. The zero-order valence-corrected chi connectivity index (χ0v) is 21.8. The van der Waals surface area contributed by atoms with Crippen molar-refractivity contribution in [1.82, 2.24) is 0 Å². The first-order valence-corrected chi connectivity index (χ1v) is 13.4. The van der Waals surface area contributed by atoms with Crippen LogP contribution in [0.2, 0.25) is 5.02 Å². The predicted molar refractivity (Wildman–Crippen MR) is 137 cm³/mol. The van der Waals surface area contributed by atoms with Crippen LogP contribution in [-0.4, -0.2) is 21.6 Å². The van der Waals surface area contributed by atoms with Crippen LogP contribution < -0.4 is 13.8 Å². The van der Waals surface area contributed by atoms with Crippen molar-refractivity contribution in [1.29, 1.82) is 0 Å². The van der Waals surface area contributed by atoms with Crippen LogP contribution in [0.15, 0.2) is 59.5 Å². The van der Waals surface area contributed by atoms with Crippen molar-refractivity contribution in [3.05, 3.63) is 82.1 Å². The van der Waals surface area contributed by atoms with Gasteiger partial charge in [0.25, 0.3) is 10.0 Å². The average molecular weight is 518 g/mol. The Hall–Kier alpha value is -2.77. The molecule has 3 aromatic carbocycles. The van der Waals surface area contributed by atoms with Crippen LogP contribution in [0.25, 0.3) is 0 Å². The van der Waals surface area contributed by atoms with Crippen LogP contribution in [0.3, 0.4) is 0 Å². The summed E-state index contributed by atoms with van der Waals surface area (Å²) in [5, 5.41) is 0.278. The number of hydrogen-bond acceptors (Lipinski definition) is 4. The Morgan fingerprint density at radius 3 is 2.60 bits per heavy atom. The first kappa shape index (κ1) is 25.3. The van der Waals surface area contributed by atoms with E-state index >= 15 is 0 Å². The number of rotatable bonds is 7. The minimum absolute atomic E-state index is 0.0701. The number of benzene rings is 3. The van der Waals surface area contributed by atoms with Crippen LogP contribution in [0.4, 0.5) is 10.1 Å². The Kier molecular flexibility index (Phi) is 7.29. The van der Waals surface area contributed by atoms with Gasteiger partial charge in [0.15, 0.2) is 0 Å². The van der Waals surface area contributed by atoms with Crippen LogP contribution in [0, 0.1) is 18.7 Å². The third-order valence-corrected chi connectivity index (χ3v) is 8.98. The first-order chi connectivity index (χ1) is 16.7. The number of halogens is 2. The fourth-order valence-electron chi connectivity index (χ4n) is 4.61. The fourth-order valence-corrected chi connectivity index (χ4v) is 6.59. The van der Waals surface area contributed by atoms with Gasteiger partial charge in [0.2, 0.25) is 0 Å². The molecule has 0 saturated heterocycles. The number of ether oxygens (including phenoxy) is 2. The summed E-state index contributed by atoms with van der Waals surface area (Å²) < 4.78 is 54.8. The number of hydrogen-bond donors (Lipinski definition) is 0.